The van der Waals surface area contributed by atoms with Crippen LogP contribution in [0.15, 0.2) is 64.6 Å². The van der Waals surface area contributed by atoms with Crippen LogP contribution in [0.25, 0.3) is 11.0 Å². The van der Waals surface area contributed by atoms with Crippen LogP contribution in [-0.2, 0) is 14.1 Å². The maximum Gasteiger partial charge on any atom is 0.332 e. The van der Waals surface area contributed by atoms with E-state index in [9.17, 15) is 14.4 Å². The van der Waals surface area contributed by atoms with Gasteiger partial charge in [-0.2, -0.15) is 0 Å². The molecule has 30 heavy (non-hydrogen) atoms. The van der Waals surface area contributed by atoms with Gasteiger partial charge in [0.2, 0.25) is 5.88 Å². The van der Waals surface area contributed by atoms with Crippen molar-refractivity contribution < 1.29 is 9.53 Å². The van der Waals surface area contributed by atoms with Gasteiger partial charge in [-0.15, -0.1) is 0 Å². The molecule has 0 aliphatic rings. The molecule has 150 valence electrons. The molecule has 0 aliphatic heterocycles. The Balaban J connectivity index is 1.56. The largest absolute Gasteiger partial charge is 0.438 e. The van der Waals surface area contributed by atoms with E-state index in [1.807, 2.05) is 0 Å². The van der Waals surface area contributed by atoms with Crippen LogP contribution in [0.1, 0.15) is 10.5 Å². The molecule has 1 amide bonds. The molecule has 0 spiro atoms. The molecule has 4 aromatic rings. The number of benzene rings is 1. The van der Waals surface area contributed by atoms with Gasteiger partial charge in [0.15, 0.2) is 0 Å². The number of nitrogens with zero attached hydrogens (tertiary/aromatic N) is 5. The van der Waals surface area contributed by atoms with Crippen LogP contribution in [0.4, 0.5) is 5.69 Å². The molecule has 0 aliphatic carbocycles. The molecule has 1 N–H and O–H groups in total. The normalized spacial score (nSPS) is 10.7. The topological polar surface area (TPSA) is 121 Å². The number of anilines is 1. The van der Waals surface area contributed by atoms with E-state index in [0.29, 0.717) is 17.3 Å². The number of carbonyl (C=O) groups excluding carboxylic acids is 1. The predicted octanol–water partition coefficient (Wildman–Crippen LogP) is 1.47. The van der Waals surface area contributed by atoms with Crippen molar-refractivity contribution >= 4 is 22.6 Å². The highest BCUT2D eigenvalue weighted by Crippen LogP contribution is 2.21. The first-order valence-electron chi connectivity index (χ1n) is 8.86. The maximum absolute atomic E-state index is 12.6. The molecular weight excluding hydrogens is 388 g/mol. The number of amides is 1. The Kier molecular flexibility index (Phi) is 4.80. The summed E-state index contributed by atoms with van der Waals surface area (Å²) >= 11 is 0. The Morgan fingerprint density at radius 1 is 1.00 bits per heavy atom. The SMILES string of the molecule is Cn1c(=O)c2ccc(C(=O)Nc3ccc(Oc4cnccn4)cc3)nc2n(C)c1=O. The second-order valence-electron chi connectivity index (χ2n) is 6.40. The van der Waals surface area contributed by atoms with Crippen molar-refractivity contribution in [1.82, 2.24) is 24.1 Å². The van der Waals surface area contributed by atoms with Crippen molar-refractivity contribution in [3.05, 3.63) is 81.5 Å². The van der Waals surface area contributed by atoms with Gasteiger partial charge >= 0.3 is 5.69 Å². The van der Waals surface area contributed by atoms with Crippen molar-refractivity contribution in [2.75, 3.05) is 5.32 Å². The Morgan fingerprint density at radius 3 is 2.47 bits per heavy atom. The number of rotatable bonds is 4. The third-order valence-corrected chi connectivity index (χ3v) is 4.41. The summed E-state index contributed by atoms with van der Waals surface area (Å²) < 4.78 is 7.78. The van der Waals surface area contributed by atoms with E-state index in [0.717, 1.165) is 4.57 Å². The van der Waals surface area contributed by atoms with Gasteiger partial charge in [-0.3, -0.25) is 23.7 Å². The average molecular weight is 404 g/mol. The van der Waals surface area contributed by atoms with Crippen LogP contribution >= 0.6 is 0 Å². The second kappa shape index (κ2) is 7.59. The molecule has 4 rings (SSSR count). The van der Waals surface area contributed by atoms with Crippen molar-refractivity contribution in [3.8, 4) is 11.6 Å². The fourth-order valence-electron chi connectivity index (χ4n) is 2.84. The monoisotopic (exact) mass is 404 g/mol. The number of hydrogen-bond donors (Lipinski definition) is 1. The van der Waals surface area contributed by atoms with Crippen molar-refractivity contribution in [2.45, 2.75) is 0 Å². The lowest BCUT2D eigenvalue weighted by Gasteiger charge is -2.09. The molecule has 0 unspecified atom stereocenters. The van der Waals surface area contributed by atoms with Crippen LogP contribution < -0.4 is 21.3 Å². The highest BCUT2D eigenvalue weighted by Gasteiger charge is 2.14. The van der Waals surface area contributed by atoms with Crippen molar-refractivity contribution in [2.24, 2.45) is 14.1 Å². The second-order valence-corrected chi connectivity index (χ2v) is 6.40. The molecule has 0 fully saturated rings. The molecule has 3 aromatic heterocycles. The number of aryl methyl sites for hydroxylation is 1. The van der Waals surface area contributed by atoms with E-state index in [4.69, 9.17) is 4.74 Å². The summed E-state index contributed by atoms with van der Waals surface area (Å²) in [4.78, 5) is 49.1. The van der Waals surface area contributed by atoms with Crippen molar-refractivity contribution in [1.29, 1.82) is 0 Å². The minimum atomic E-state index is -0.517. The first-order valence-corrected chi connectivity index (χ1v) is 8.86. The zero-order valence-electron chi connectivity index (χ0n) is 16.1. The van der Waals surface area contributed by atoms with Gasteiger partial charge < -0.3 is 10.1 Å². The number of ether oxygens (including phenoxy) is 1. The Morgan fingerprint density at radius 2 is 1.77 bits per heavy atom. The number of hydrogen-bond acceptors (Lipinski definition) is 7. The lowest BCUT2D eigenvalue weighted by Crippen LogP contribution is -2.37. The number of aromatic nitrogens is 5. The lowest BCUT2D eigenvalue weighted by atomic mass is 10.2. The van der Waals surface area contributed by atoms with Crippen molar-refractivity contribution in [3.63, 3.8) is 0 Å². The van der Waals surface area contributed by atoms with Gasteiger partial charge in [0, 0.05) is 32.2 Å². The van der Waals surface area contributed by atoms with Gasteiger partial charge in [0.1, 0.15) is 17.1 Å². The molecule has 0 saturated heterocycles. The van der Waals surface area contributed by atoms with Gasteiger partial charge in [-0.05, 0) is 36.4 Å². The van der Waals surface area contributed by atoms with E-state index in [1.165, 1.54) is 43.2 Å². The third-order valence-electron chi connectivity index (χ3n) is 4.41. The molecular formula is C20H16N6O4. The first-order chi connectivity index (χ1) is 14.4. The minimum Gasteiger partial charge on any atom is -0.438 e. The summed E-state index contributed by atoms with van der Waals surface area (Å²) in [5.41, 5.74) is -0.247. The lowest BCUT2D eigenvalue weighted by molar-refractivity contribution is 0.102. The molecule has 10 nitrogen and oxygen atoms in total. The Bertz CT molecular complexity index is 1360. The highest BCUT2D eigenvalue weighted by molar-refractivity contribution is 6.03. The summed E-state index contributed by atoms with van der Waals surface area (Å²) in [5, 5.41) is 2.97. The molecule has 0 radical (unpaired) electrons. The van der Waals surface area contributed by atoms with E-state index in [2.05, 4.69) is 20.3 Å². The van der Waals surface area contributed by atoms with E-state index < -0.39 is 17.2 Å². The number of carbonyl (C=O) groups is 1. The van der Waals surface area contributed by atoms with E-state index >= 15 is 0 Å². The Hall–Kier alpha value is -4.34. The summed E-state index contributed by atoms with van der Waals surface area (Å²) in [6, 6.07) is 9.59. The minimum absolute atomic E-state index is 0.0747. The average Bonchev–Trinajstić information content (AvgIpc) is 2.78. The molecule has 3 heterocycles. The van der Waals surface area contributed by atoms with Crippen LogP contribution in [0.5, 0.6) is 11.6 Å². The standard InChI is InChI=1S/C20H16N6O4/c1-25-17-14(19(28)26(2)20(25)29)7-8-15(24-17)18(27)23-12-3-5-13(6-4-12)30-16-11-21-9-10-22-16/h3-11H,1-2H3,(H,23,27). The summed E-state index contributed by atoms with van der Waals surface area (Å²) in [5.74, 6) is 0.405. The number of pyridine rings is 1. The first kappa shape index (κ1) is 19.0. The predicted molar refractivity (Wildman–Crippen MR) is 109 cm³/mol. The zero-order valence-corrected chi connectivity index (χ0v) is 16.1. The fourth-order valence-corrected chi connectivity index (χ4v) is 2.84. The molecule has 10 heteroatoms. The number of fused-ring (bicyclic) bond motifs is 1. The van der Waals surface area contributed by atoms with Gasteiger partial charge in [-0.25, -0.2) is 14.8 Å². The van der Waals surface area contributed by atoms with Gasteiger partial charge in [0.25, 0.3) is 11.5 Å². The smallest absolute Gasteiger partial charge is 0.332 e. The third kappa shape index (κ3) is 3.53. The molecule has 0 atom stereocenters. The number of nitrogens with one attached hydrogen (secondary N) is 1. The molecule has 1 aromatic carbocycles. The van der Waals surface area contributed by atoms with Crippen LogP contribution in [0.2, 0.25) is 0 Å². The Labute approximate surface area is 169 Å². The highest BCUT2D eigenvalue weighted by atomic mass is 16.5. The summed E-state index contributed by atoms with van der Waals surface area (Å²) in [7, 11) is 2.89. The molecule has 0 bridgehead atoms. The molecule has 0 saturated carbocycles. The van der Waals surface area contributed by atoms with Gasteiger partial charge in [0.05, 0.1) is 11.6 Å². The maximum atomic E-state index is 12.6. The fraction of sp³-hybridized carbons (Fsp3) is 0.100. The van der Waals surface area contributed by atoms with E-state index in [1.54, 1.807) is 30.5 Å². The zero-order chi connectivity index (χ0) is 21.3. The summed E-state index contributed by atoms with van der Waals surface area (Å²) in [6.07, 6.45) is 4.55. The van der Waals surface area contributed by atoms with Crippen LogP contribution in [0.3, 0.4) is 0 Å². The van der Waals surface area contributed by atoms with E-state index in [-0.39, 0.29) is 16.7 Å². The van der Waals surface area contributed by atoms with Crippen LogP contribution in [-0.4, -0.2) is 30.0 Å². The van der Waals surface area contributed by atoms with Crippen LogP contribution in [0, 0.1) is 0 Å². The van der Waals surface area contributed by atoms with Gasteiger partial charge in [-0.1, -0.05) is 0 Å². The summed E-state index contributed by atoms with van der Waals surface area (Å²) in [6.45, 7) is 0. The quantitative estimate of drug-likeness (QED) is 0.547.